The minimum absolute atomic E-state index is 0.240. The summed E-state index contributed by atoms with van der Waals surface area (Å²) in [6.45, 7) is 0. The molecule has 0 amide bonds. The fraction of sp³-hybridized carbons (Fsp3) is 0.111. The molecule has 0 N–H and O–H groups in total. The van der Waals surface area contributed by atoms with Gasteiger partial charge in [-0.25, -0.2) is 0 Å². The lowest BCUT2D eigenvalue weighted by molar-refractivity contribution is 1.22. The highest BCUT2D eigenvalue weighted by Gasteiger charge is 2.19. The van der Waals surface area contributed by atoms with Gasteiger partial charge in [-0.05, 0) is 70.9 Å². The SMILES string of the molecule is Brc1cc(C(Br)c2sccc2Br)c(Br)s1. The van der Waals surface area contributed by atoms with Gasteiger partial charge in [0, 0.05) is 9.35 Å². The zero-order valence-electron chi connectivity index (χ0n) is 7.14. The summed E-state index contributed by atoms with van der Waals surface area (Å²) in [5.41, 5.74) is 1.26. The van der Waals surface area contributed by atoms with Crippen LogP contribution in [0.2, 0.25) is 0 Å². The van der Waals surface area contributed by atoms with Crippen LogP contribution < -0.4 is 0 Å². The molecule has 1 atom stereocenters. The Balaban J connectivity index is 2.40. The second kappa shape index (κ2) is 5.31. The van der Waals surface area contributed by atoms with E-state index in [1.165, 1.54) is 10.4 Å². The molecule has 15 heavy (non-hydrogen) atoms. The Hall–Kier alpha value is 1.32. The monoisotopic (exact) mass is 492 g/mol. The van der Waals surface area contributed by atoms with Gasteiger partial charge in [-0.1, -0.05) is 15.9 Å². The molecule has 80 valence electrons. The van der Waals surface area contributed by atoms with E-state index in [9.17, 15) is 0 Å². The zero-order chi connectivity index (χ0) is 11.0. The van der Waals surface area contributed by atoms with Crippen LogP contribution in [0.3, 0.4) is 0 Å². The minimum Gasteiger partial charge on any atom is -0.146 e. The molecule has 0 aliphatic carbocycles. The van der Waals surface area contributed by atoms with Crippen LogP contribution in [-0.4, -0.2) is 0 Å². The maximum atomic E-state index is 3.72. The second-order valence-electron chi connectivity index (χ2n) is 2.77. The number of alkyl halides is 1. The highest BCUT2D eigenvalue weighted by atomic mass is 79.9. The Morgan fingerprint density at radius 3 is 2.40 bits per heavy atom. The Morgan fingerprint density at radius 1 is 1.20 bits per heavy atom. The smallest absolute Gasteiger partial charge is 0.0768 e. The third-order valence-electron chi connectivity index (χ3n) is 1.83. The lowest BCUT2D eigenvalue weighted by Gasteiger charge is -2.07. The first-order chi connectivity index (χ1) is 7.09. The normalized spacial score (nSPS) is 13.1. The standard InChI is InChI=1S/C9H4Br4S2/c10-5-1-2-14-8(5)7(12)4-3-6(11)15-9(4)13/h1-3,7H. The van der Waals surface area contributed by atoms with E-state index in [1.54, 1.807) is 22.7 Å². The van der Waals surface area contributed by atoms with Gasteiger partial charge in [0.2, 0.25) is 0 Å². The summed E-state index contributed by atoms with van der Waals surface area (Å²) in [6.07, 6.45) is 0. The Morgan fingerprint density at radius 2 is 1.93 bits per heavy atom. The van der Waals surface area contributed by atoms with Crippen molar-refractivity contribution in [1.82, 2.24) is 0 Å². The highest BCUT2D eigenvalue weighted by Crippen LogP contribution is 2.45. The van der Waals surface area contributed by atoms with Crippen LogP contribution in [0.25, 0.3) is 0 Å². The van der Waals surface area contributed by atoms with Gasteiger partial charge >= 0.3 is 0 Å². The predicted molar refractivity (Wildman–Crippen MR) is 82.5 cm³/mol. The lowest BCUT2D eigenvalue weighted by atomic mass is 10.2. The summed E-state index contributed by atoms with van der Waals surface area (Å²) in [7, 11) is 0. The van der Waals surface area contributed by atoms with Gasteiger partial charge in [0.15, 0.2) is 0 Å². The third-order valence-corrected chi connectivity index (χ3v) is 7.41. The molecule has 2 aromatic rings. The van der Waals surface area contributed by atoms with Crippen molar-refractivity contribution in [2.24, 2.45) is 0 Å². The fourth-order valence-electron chi connectivity index (χ4n) is 1.15. The fourth-order valence-corrected chi connectivity index (χ4v) is 7.35. The molecule has 0 aliphatic heterocycles. The van der Waals surface area contributed by atoms with Gasteiger partial charge in [-0.3, -0.25) is 0 Å². The average Bonchev–Trinajstić information content (AvgIpc) is 2.71. The Bertz CT molecular complexity index is 474. The van der Waals surface area contributed by atoms with E-state index in [1.807, 2.05) is 0 Å². The third kappa shape index (κ3) is 2.77. The van der Waals surface area contributed by atoms with E-state index in [4.69, 9.17) is 0 Å². The van der Waals surface area contributed by atoms with E-state index in [0.29, 0.717) is 0 Å². The minimum atomic E-state index is 0.240. The molecule has 2 heterocycles. The summed E-state index contributed by atoms with van der Waals surface area (Å²) < 4.78 is 3.46. The molecular formula is C9H4Br4S2. The van der Waals surface area contributed by atoms with E-state index in [2.05, 4.69) is 81.2 Å². The first kappa shape index (κ1) is 12.8. The molecular weight excluding hydrogens is 492 g/mol. The molecule has 0 saturated heterocycles. The van der Waals surface area contributed by atoms with Crippen molar-refractivity contribution in [1.29, 1.82) is 0 Å². The summed E-state index contributed by atoms with van der Waals surface area (Å²) in [5.74, 6) is 0. The molecule has 0 spiro atoms. The topological polar surface area (TPSA) is 0 Å². The molecule has 0 aromatic carbocycles. The number of rotatable bonds is 2. The van der Waals surface area contributed by atoms with Crippen molar-refractivity contribution in [3.8, 4) is 0 Å². The van der Waals surface area contributed by atoms with Crippen LogP contribution in [-0.2, 0) is 0 Å². The molecule has 1 unspecified atom stereocenters. The molecule has 0 saturated carbocycles. The van der Waals surface area contributed by atoms with Crippen LogP contribution in [0.5, 0.6) is 0 Å². The van der Waals surface area contributed by atoms with Gasteiger partial charge in [-0.15, -0.1) is 22.7 Å². The van der Waals surface area contributed by atoms with Crippen molar-refractivity contribution in [3.63, 3.8) is 0 Å². The molecule has 2 aromatic heterocycles. The molecule has 0 bridgehead atoms. The highest BCUT2D eigenvalue weighted by molar-refractivity contribution is 9.12. The summed E-state index contributed by atoms with van der Waals surface area (Å²) in [4.78, 5) is 1.53. The van der Waals surface area contributed by atoms with E-state index in [0.717, 1.165) is 12.0 Å². The van der Waals surface area contributed by atoms with Crippen molar-refractivity contribution < 1.29 is 0 Å². The van der Waals surface area contributed by atoms with Crippen molar-refractivity contribution in [3.05, 3.63) is 40.0 Å². The first-order valence-electron chi connectivity index (χ1n) is 3.91. The predicted octanol–water partition coefficient (Wildman–Crippen LogP) is 6.58. The quantitative estimate of drug-likeness (QED) is 0.413. The first-order valence-corrected chi connectivity index (χ1v) is 8.90. The number of thiophene rings is 2. The van der Waals surface area contributed by atoms with Crippen molar-refractivity contribution in [2.75, 3.05) is 0 Å². The average molecular weight is 496 g/mol. The Labute approximate surface area is 130 Å². The number of hydrogen-bond donors (Lipinski definition) is 0. The van der Waals surface area contributed by atoms with Gasteiger partial charge in [0.25, 0.3) is 0 Å². The number of halogens is 4. The number of hydrogen-bond acceptors (Lipinski definition) is 2. The van der Waals surface area contributed by atoms with E-state index >= 15 is 0 Å². The Kier molecular flexibility index (Phi) is 4.52. The zero-order valence-corrected chi connectivity index (χ0v) is 15.1. The summed E-state index contributed by atoms with van der Waals surface area (Å²) >= 11 is 17.8. The van der Waals surface area contributed by atoms with Crippen LogP contribution >= 0.6 is 86.4 Å². The van der Waals surface area contributed by atoms with Gasteiger partial charge in [0.05, 0.1) is 12.4 Å². The molecule has 0 aliphatic rings. The van der Waals surface area contributed by atoms with E-state index < -0.39 is 0 Å². The molecule has 0 radical (unpaired) electrons. The lowest BCUT2D eigenvalue weighted by Crippen LogP contribution is -1.88. The van der Waals surface area contributed by atoms with Gasteiger partial charge in [0.1, 0.15) is 0 Å². The van der Waals surface area contributed by atoms with Crippen LogP contribution in [0.4, 0.5) is 0 Å². The summed E-state index contributed by atoms with van der Waals surface area (Å²) in [5, 5.41) is 2.09. The van der Waals surface area contributed by atoms with Crippen molar-refractivity contribution >= 4 is 86.4 Å². The molecule has 2 rings (SSSR count). The molecule has 6 heteroatoms. The van der Waals surface area contributed by atoms with Gasteiger partial charge < -0.3 is 0 Å². The molecule has 0 nitrogen and oxygen atoms in total. The largest absolute Gasteiger partial charge is 0.146 e. The van der Waals surface area contributed by atoms with Gasteiger partial charge in [-0.2, -0.15) is 0 Å². The van der Waals surface area contributed by atoms with Crippen LogP contribution in [0, 0.1) is 0 Å². The summed E-state index contributed by atoms with van der Waals surface area (Å²) in [6, 6.07) is 4.21. The second-order valence-corrected chi connectivity index (χ2v) is 9.24. The molecule has 0 fully saturated rings. The van der Waals surface area contributed by atoms with Crippen molar-refractivity contribution in [2.45, 2.75) is 4.83 Å². The van der Waals surface area contributed by atoms with Crippen LogP contribution in [0.1, 0.15) is 15.3 Å². The maximum absolute atomic E-state index is 3.72. The van der Waals surface area contributed by atoms with E-state index in [-0.39, 0.29) is 4.83 Å². The van der Waals surface area contributed by atoms with Crippen LogP contribution in [0.15, 0.2) is 29.6 Å². The maximum Gasteiger partial charge on any atom is 0.0768 e.